The van der Waals surface area contributed by atoms with Gasteiger partial charge < -0.3 is 20.3 Å². The van der Waals surface area contributed by atoms with E-state index in [-0.39, 0.29) is 25.0 Å². The third kappa shape index (κ3) is 7.29. The summed E-state index contributed by atoms with van der Waals surface area (Å²) in [6.07, 6.45) is 1.54. The third-order valence-corrected chi connectivity index (χ3v) is 5.45. The van der Waals surface area contributed by atoms with Crippen LogP contribution in [0, 0.1) is 5.92 Å². The van der Waals surface area contributed by atoms with Crippen LogP contribution >= 0.6 is 11.6 Å². The van der Waals surface area contributed by atoms with Crippen LogP contribution < -0.4 is 15.4 Å². The molecule has 31 heavy (non-hydrogen) atoms. The summed E-state index contributed by atoms with van der Waals surface area (Å²) in [6, 6.07) is 16.3. The average molecular weight is 444 g/mol. The maximum atomic E-state index is 12.3. The summed E-state index contributed by atoms with van der Waals surface area (Å²) in [6.45, 7) is 1.91. The lowest BCUT2D eigenvalue weighted by Gasteiger charge is -2.32. The molecular formula is C23H26ClN3O4. The van der Waals surface area contributed by atoms with E-state index in [0.717, 1.165) is 18.4 Å². The van der Waals surface area contributed by atoms with Gasteiger partial charge in [-0.25, -0.2) is 0 Å². The van der Waals surface area contributed by atoms with E-state index in [4.69, 9.17) is 16.3 Å². The number of para-hydroxylation sites is 1. The second-order valence-electron chi connectivity index (χ2n) is 7.45. The summed E-state index contributed by atoms with van der Waals surface area (Å²) < 4.78 is 5.51. The van der Waals surface area contributed by atoms with E-state index in [1.165, 1.54) is 0 Å². The van der Waals surface area contributed by atoms with E-state index in [2.05, 4.69) is 10.6 Å². The van der Waals surface area contributed by atoms with E-state index >= 15 is 0 Å². The van der Waals surface area contributed by atoms with Crippen LogP contribution in [0.5, 0.6) is 5.75 Å². The highest BCUT2D eigenvalue weighted by atomic mass is 35.5. The molecule has 0 unspecified atom stereocenters. The van der Waals surface area contributed by atoms with E-state index < -0.39 is 11.8 Å². The van der Waals surface area contributed by atoms with Gasteiger partial charge in [0, 0.05) is 31.2 Å². The van der Waals surface area contributed by atoms with Gasteiger partial charge in [-0.3, -0.25) is 14.4 Å². The molecule has 0 atom stereocenters. The molecule has 0 aliphatic carbocycles. The Bertz CT molecular complexity index is 881. The Hall–Kier alpha value is -3.06. The minimum Gasteiger partial charge on any atom is -0.484 e. The van der Waals surface area contributed by atoms with Crippen molar-refractivity contribution in [3.8, 4) is 5.75 Å². The van der Waals surface area contributed by atoms with Gasteiger partial charge in [0.05, 0.1) is 0 Å². The summed E-state index contributed by atoms with van der Waals surface area (Å²) in [5.41, 5.74) is 0.860. The number of carbonyl (C=O) groups is 3. The van der Waals surface area contributed by atoms with Crippen LogP contribution in [0.1, 0.15) is 18.4 Å². The Morgan fingerprint density at radius 2 is 1.58 bits per heavy atom. The number of carbonyl (C=O) groups excluding carboxylic acids is 3. The molecule has 0 radical (unpaired) electrons. The first-order chi connectivity index (χ1) is 15.0. The van der Waals surface area contributed by atoms with Gasteiger partial charge in [0.2, 0.25) is 0 Å². The Morgan fingerprint density at radius 3 is 2.26 bits per heavy atom. The fourth-order valence-corrected chi connectivity index (χ4v) is 3.45. The monoisotopic (exact) mass is 443 g/mol. The van der Waals surface area contributed by atoms with Crippen molar-refractivity contribution in [1.82, 2.24) is 15.5 Å². The SMILES string of the molecule is O=C(NCc1ccc(Cl)cc1)C(=O)NCC1CCN(C(=O)COc2ccccc2)CC1. The van der Waals surface area contributed by atoms with Crippen molar-refractivity contribution in [3.63, 3.8) is 0 Å². The van der Waals surface area contributed by atoms with E-state index in [1.54, 1.807) is 29.2 Å². The van der Waals surface area contributed by atoms with Crippen LogP contribution in [0.3, 0.4) is 0 Å². The van der Waals surface area contributed by atoms with Gasteiger partial charge in [-0.1, -0.05) is 41.9 Å². The first kappa shape index (κ1) is 22.6. The van der Waals surface area contributed by atoms with Gasteiger partial charge in [-0.05, 0) is 48.6 Å². The van der Waals surface area contributed by atoms with Crippen molar-refractivity contribution in [2.75, 3.05) is 26.2 Å². The molecule has 0 spiro atoms. The number of hydrogen-bond acceptors (Lipinski definition) is 4. The largest absolute Gasteiger partial charge is 0.484 e. The molecule has 1 aliphatic rings. The minimum atomic E-state index is -0.666. The number of likely N-dealkylation sites (tertiary alicyclic amines) is 1. The second-order valence-corrected chi connectivity index (χ2v) is 7.88. The van der Waals surface area contributed by atoms with Crippen molar-refractivity contribution >= 4 is 29.3 Å². The van der Waals surface area contributed by atoms with Crippen molar-refractivity contribution in [3.05, 3.63) is 65.2 Å². The van der Waals surface area contributed by atoms with Gasteiger partial charge >= 0.3 is 11.8 Å². The third-order valence-electron chi connectivity index (χ3n) is 5.20. The highest BCUT2D eigenvalue weighted by molar-refractivity contribution is 6.35. The molecular weight excluding hydrogens is 418 g/mol. The zero-order valence-corrected chi connectivity index (χ0v) is 17.9. The zero-order chi connectivity index (χ0) is 22.1. The molecule has 1 heterocycles. The standard InChI is InChI=1S/C23H26ClN3O4/c24-19-8-6-17(7-9-19)14-25-22(29)23(30)26-15-18-10-12-27(13-11-18)21(28)16-31-20-4-2-1-3-5-20/h1-9,18H,10-16H2,(H,25,29)(H,26,30). The normalized spacial score (nSPS) is 14.0. The van der Waals surface area contributed by atoms with Gasteiger partial charge in [0.15, 0.2) is 6.61 Å². The Labute approximate surface area is 186 Å². The summed E-state index contributed by atoms with van der Waals surface area (Å²) in [4.78, 5) is 38.1. The molecule has 2 aromatic carbocycles. The lowest BCUT2D eigenvalue weighted by Crippen LogP contribution is -2.45. The number of nitrogens with zero attached hydrogens (tertiary/aromatic N) is 1. The molecule has 3 amide bonds. The fraction of sp³-hybridized carbons (Fsp3) is 0.348. The van der Waals surface area contributed by atoms with Crippen molar-refractivity contribution in [2.24, 2.45) is 5.92 Å². The number of piperidine rings is 1. The van der Waals surface area contributed by atoms with Gasteiger partial charge in [0.1, 0.15) is 5.75 Å². The summed E-state index contributed by atoms with van der Waals surface area (Å²) in [5.74, 6) is -0.466. The number of nitrogens with one attached hydrogen (secondary N) is 2. The maximum absolute atomic E-state index is 12.3. The summed E-state index contributed by atoms with van der Waals surface area (Å²) >= 11 is 5.83. The molecule has 2 N–H and O–H groups in total. The molecule has 0 saturated carbocycles. The van der Waals surface area contributed by atoms with Crippen LogP contribution in [-0.2, 0) is 20.9 Å². The smallest absolute Gasteiger partial charge is 0.309 e. The lowest BCUT2D eigenvalue weighted by atomic mass is 9.96. The van der Waals surface area contributed by atoms with Crippen LogP contribution in [-0.4, -0.2) is 48.9 Å². The van der Waals surface area contributed by atoms with Crippen molar-refractivity contribution in [2.45, 2.75) is 19.4 Å². The molecule has 8 heteroatoms. The first-order valence-electron chi connectivity index (χ1n) is 10.3. The zero-order valence-electron chi connectivity index (χ0n) is 17.2. The predicted molar refractivity (Wildman–Crippen MR) is 118 cm³/mol. The highest BCUT2D eigenvalue weighted by Crippen LogP contribution is 2.17. The molecule has 1 aliphatic heterocycles. The Morgan fingerprint density at radius 1 is 0.935 bits per heavy atom. The van der Waals surface area contributed by atoms with Crippen LogP contribution in [0.25, 0.3) is 0 Å². The van der Waals surface area contributed by atoms with Gasteiger partial charge in [-0.15, -0.1) is 0 Å². The van der Waals surface area contributed by atoms with Crippen LogP contribution in [0.2, 0.25) is 5.02 Å². The van der Waals surface area contributed by atoms with Crippen LogP contribution in [0.15, 0.2) is 54.6 Å². The first-order valence-corrected chi connectivity index (χ1v) is 10.6. The Balaban J connectivity index is 1.32. The topological polar surface area (TPSA) is 87.7 Å². The average Bonchev–Trinajstić information content (AvgIpc) is 2.81. The Kier molecular flexibility index (Phi) is 8.29. The number of rotatable bonds is 7. The predicted octanol–water partition coefficient (Wildman–Crippen LogP) is 2.39. The van der Waals surface area contributed by atoms with Crippen molar-refractivity contribution < 1.29 is 19.1 Å². The lowest BCUT2D eigenvalue weighted by molar-refractivity contribution is -0.139. The van der Waals surface area contributed by atoms with Crippen molar-refractivity contribution in [1.29, 1.82) is 0 Å². The maximum Gasteiger partial charge on any atom is 0.309 e. The molecule has 0 aromatic heterocycles. The number of hydrogen-bond donors (Lipinski definition) is 2. The van der Waals surface area contributed by atoms with E-state index in [9.17, 15) is 14.4 Å². The molecule has 3 rings (SSSR count). The summed E-state index contributed by atoms with van der Waals surface area (Å²) in [7, 11) is 0. The molecule has 0 bridgehead atoms. The molecule has 1 fully saturated rings. The number of halogens is 1. The highest BCUT2D eigenvalue weighted by Gasteiger charge is 2.24. The van der Waals surface area contributed by atoms with E-state index in [1.807, 2.05) is 30.3 Å². The molecule has 164 valence electrons. The fourth-order valence-electron chi connectivity index (χ4n) is 3.32. The molecule has 1 saturated heterocycles. The van der Waals surface area contributed by atoms with Crippen LogP contribution in [0.4, 0.5) is 0 Å². The summed E-state index contributed by atoms with van der Waals surface area (Å²) in [5, 5.41) is 5.90. The van der Waals surface area contributed by atoms with E-state index in [0.29, 0.717) is 30.4 Å². The van der Waals surface area contributed by atoms with Gasteiger partial charge in [0.25, 0.3) is 5.91 Å². The quantitative estimate of drug-likeness (QED) is 0.643. The number of ether oxygens (including phenoxy) is 1. The molecule has 7 nitrogen and oxygen atoms in total. The number of amides is 3. The second kappa shape index (κ2) is 11.4. The number of benzene rings is 2. The minimum absolute atomic E-state index is 0.0131. The van der Waals surface area contributed by atoms with Gasteiger partial charge in [-0.2, -0.15) is 0 Å². The molecule has 2 aromatic rings.